The molecular weight excluding hydrogens is 266 g/mol. The smallest absolute Gasteiger partial charge is 0.0430 e. The van der Waals surface area contributed by atoms with Crippen molar-refractivity contribution in [3.05, 3.63) is 65.2 Å². The number of hydrogen-bond acceptors (Lipinski definition) is 1. The van der Waals surface area contributed by atoms with Crippen LogP contribution in [0.15, 0.2) is 48.5 Å². The summed E-state index contributed by atoms with van der Waals surface area (Å²) in [5, 5.41) is 0. The van der Waals surface area contributed by atoms with Crippen LogP contribution in [0.4, 0.5) is 5.69 Å². The zero-order valence-corrected chi connectivity index (χ0v) is 14.5. The Kier molecular flexibility index (Phi) is 3.55. The summed E-state index contributed by atoms with van der Waals surface area (Å²) in [6.45, 7) is 12.7. The number of nitrogens with zero attached hydrogens (tertiary/aromatic N) is 1. The molecule has 3 rings (SSSR count). The molecule has 22 heavy (non-hydrogen) atoms. The first-order chi connectivity index (χ1) is 10.3. The average Bonchev–Trinajstić information content (AvgIpc) is 2.71. The van der Waals surface area contributed by atoms with Gasteiger partial charge in [-0.15, -0.1) is 0 Å². The van der Waals surface area contributed by atoms with Crippen LogP contribution in [0.3, 0.4) is 0 Å². The summed E-state index contributed by atoms with van der Waals surface area (Å²) in [6, 6.07) is 17.6. The highest BCUT2D eigenvalue weighted by molar-refractivity contribution is 5.62. The van der Waals surface area contributed by atoms with E-state index in [-0.39, 0.29) is 11.0 Å². The predicted octanol–water partition coefficient (Wildman–Crippen LogP) is 5.25. The molecule has 1 aliphatic rings. The van der Waals surface area contributed by atoms with E-state index in [0.29, 0.717) is 0 Å². The zero-order valence-electron chi connectivity index (χ0n) is 14.5. The van der Waals surface area contributed by atoms with E-state index in [4.69, 9.17) is 0 Å². The Labute approximate surface area is 135 Å². The van der Waals surface area contributed by atoms with Gasteiger partial charge in [-0.05, 0) is 50.8 Å². The highest BCUT2D eigenvalue weighted by Crippen LogP contribution is 2.46. The predicted molar refractivity (Wildman–Crippen MR) is 95.8 cm³/mol. The van der Waals surface area contributed by atoms with Crippen molar-refractivity contribution in [1.29, 1.82) is 0 Å². The summed E-state index contributed by atoms with van der Waals surface area (Å²) in [4.78, 5) is 2.63. The van der Waals surface area contributed by atoms with Crippen LogP contribution in [0, 0.1) is 13.8 Å². The van der Waals surface area contributed by atoms with Gasteiger partial charge in [-0.2, -0.15) is 0 Å². The summed E-state index contributed by atoms with van der Waals surface area (Å²) in [7, 11) is 0. The van der Waals surface area contributed by atoms with Gasteiger partial charge < -0.3 is 4.90 Å². The minimum atomic E-state index is 0.168. The lowest BCUT2D eigenvalue weighted by molar-refractivity contribution is 0.445. The number of benzene rings is 2. The van der Waals surface area contributed by atoms with Crippen LogP contribution in [-0.2, 0) is 5.41 Å². The third kappa shape index (κ3) is 2.43. The molecule has 1 aliphatic heterocycles. The van der Waals surface area contributed by atoms with Gasteiger partial charge >= 0.3 is 0 Å². The first-order valence-corrected chi connectivity index (χ1v) is 8.23. The van der Waals surface area contributed by atoms with Gasteiger partial charge in [-0.1, -0.05) is 55.5 Å². The minimum Gasteiger partial charge on any atom is -0.365 e. The van der Waals surface area contributed by atoms with E-state index in [1.807, 2.05) is 0 Å². The van der Waals surface area contributed by atoms with Crippen LogP contribution in [0.2, 0.25) is 0 Å². The molecule has 0 saturated carbocycles. The highest BCUT2D eigenvalue weighted by atomic mass is 15.2. The van der Waals surface area contributed by atoms with Gasteiger partial charge in [0.1, 0.15) is 0 Å². The number of aryl methyl sites for hydroxylation is 2. The summed E-state index contributed by atoms with van der Waals surface area (Å²) in [5.74, 6) is 0. The number of hydrogen-bond donors (Lipinski definition) is 0. The van der Waals surface area contributed by atoms with E-state index < -0.39 is 0 Å². The Morgan fingerprint density at radius 2 is 1.41 bits per heavy atom. The molecule has 1 nitrogen and oxygen atoms in total. The number of rotatable bonds is 2. The average molecular weight is 293 g/mol. The van der Waals surface area contributed by atoms with Crippen LogP contribution in [0.5, 0.6) is 0 Å². The standard InChI is InChI=1S/C21H27N/c1-16-10-9-11-17(2)19(16)22-15-21(5,14-20(22,3)4)18-12-7-6-8-13-18/h6-13H,14-15H2,1-5H3. The van der Waals surface area contributed by atoms with E-state index in [9.17, 15) is 0 Å². The van der Waals surface area contributed by atoms with Gasteiger partial charge in [0.05, 0.1) is 0 Å². The second kappa shape index (κ2) is 5.15. The topological polar surface area (TPSA) is 3.24 Å². The molecule has 2 aromatic carbocycles. The van der Waals surface area contributed by atoms with Gasteiger partial charge in [-0.3, -0.25) is 0 Å². The molecule has 0 aromatic heterocycles. The van der Waals surface area contributed by atoms with Crippen molar-refractivity contribution in [2.75, 3.05) is 11.4 Å². The molecule has 0 aliphatic carbocycles. The van der Waals surface area contributed by atoms with Gasteiger partial charge in [0, 0.05) is 23.2 Å². The number of anilines is 1. The lowest BCUT2D eigenvalue weighted by atomic mass is 9.78. The van der Waals surface area contributed by atoms with Crippen molar-refractivity contribution in [2.45, 2.75) is 52.0 Å². The van der Waals surface area contributed by atoms with Gasteiger partial charge in [0.25, 0.3) is 0 Å². The highest BCUT2D eigenvalue weighted by Gasteiger charge is 2.47. The molecule has 1 unspecified atom stereocenters. The van der Waals surface area contributed by atoms with Crippen LogP contribution < -0.4 is 4.90 Å². The van der Waals surface area contributed by atoms with E-state index in [1.165, 1.54) is 28.8 Å². The van der Waals surface area contributed by atoms with E-state index >= 15 is 0 Å². The summed E-state index contributed by atoms with van der Waals surface area (Å²) in [5.41, 5.74) is 6.01. The second-order valence-corrected chi connectivity index (χ2v) is 7.74. The SMILES string of the molecule is Cc1cccc(C)c1N1CC(C)(c2ccccc2)CC1(C)C. The van der Waals surface area contributed by atoms with Crippen molar-refractivity contribution in [3.8, 4) is 0 Å². The zero-order chi connectivity index (χ0) is 16.0. The second-order valence-electron chi connectivity index (χ2n) is 7.74. The third-order valence-electron chi connectivity index (χ3n) is 5.24. The van der Waals surface area contributed by atoms with Crippen molar-refractivity contribution >= 4 is 5.69 Å². The molecule has 0 spiro atoms. The Morgan fingerprint density at radius 1 is 0.818 bits per heavy atom. The normalized spacial score (nSPS) is 23.8. The lowest BCUT2D eigenvalue weighted by Gasteiger charge is -2.35. The van der Waals surface area contributed by atoms with Crippen molar-refractivity contribution in [2.24, 2.45) is 0 Å². The Morgan fingerprint density at radius 3 is 2.00 bits per heavy atom. The Bertz CT molecular complexity index is 651. The minimum absolute atomic E-state index is 0.168. The van der Waals surface area contributed by atoms with Crippen LogP contribution >= 0.6 is 0 Å². The largest absolute Gasteiger partial charge is 0.365 e. The molecule has 1 heteroatoms. The van der Waals surface area contributed by atoms with E-state index in [1.54, 1.807) is 0 Å². The molecule has 1 saturated heterocycles. The monoisotopic (exact) mass is 293 g/mol. The first kappa shape index (κ1) is 15.1. The van der Waals surface area contributed by atoms with Gasteiger partial charge in [0.2, 0.25) is 0 Å². The van der Waals surface area contributed by atoms with Crippen molar-refractivity contribution in [3.63, 3.8) is 0 Å². The van der Waals surface area contributed by atoms with E-state index in [2.05, 4.69) is 88.0 Å². The van der Waals surface area contributed by atoms with Crippen LogP contribution in [0.1, 0.15) is 43.9 Å². The molecule has 2 aromatic rings. The summed E-state index contributed by atoms with van der Waals surface area (Å²) < 4.78 is 0. The maximum absolute atomic E-state index is 2.63. The molecule has 0 amide bonds. The fourth-order valence-electron chi connectivity index (χ4n) is 4.32. The molecule has 1 fully saturated rings. The number of para-hydroxylation sites is 1. The Hall–Kier alpha value is -1.76. The van der Waals surface area contributed by atoms with Crippen molar-refractivity contribution in [1.82, 2.24) is 0 Å². The Balaban J connectivity index is 2.04. The van der Waals surface area contributed by atoms with Crippen molar-refractivity contribution < 1.29 is 0 Å². The first-order valence-electron chi connectivity index (χ1n) is 8.23. The molecular formula is C21H27N. The molecule has 116 valence electrons. The van der Waals surface area contributed by atoms with Crippen LogP contribution in [0.25, 0.3) is 0 Å². The summed E-state index contributed by atoms with van der Waals surface area (Å²) in [6.07, 6.45) is 1.18. The molecule has 0 bridgehead atoms. The lowest BCUT2D eigenvalue weighted by Crippen LogP contribution is -2.39. The molecule has 1 atom stereocenters. The van der Waals surface area contributed by atoms with Crippen LogP contribution in [-0.4, -0.2) is 12.1 Å². The van der Waals surface area contributed by atoms with Gasteiger partial charge in [0.15, 0.2) is 0 Å². The summed E-state index contributed by atoms with van der Waals surface area (Å²) >= 11 is 0. The fraction of sp³-hybridized carbons (Fsp3) is 0.429. The van der Waals surface area contributed by atoms with Gasteiger partial charge in [-0.25, -0.2) is 0 Å². The molecule has 1 heterocycles. The third-order valence-corrected chi connectivity index (χ3v) is 5.24. The molecule has 0 radical (unpaired) electrons. The maximum Gasteiger partial charge on any atom is 0.0430 e. The molecule has 0 N–H and O–H groups in total. The maximum atomic E-state index is 2.63. The fourth-order valence-corrected chi connectivity index (χ4v) is 4.32. The quantitative estimate of drug-likeness (QED) is 0.731. The van der Waals surface area contributed by atoms with E-state index in [0.717, 1.165) is 6.54 Å².